The third kappa shape index (κ3) is 2.41. The van der Waals surface area contributed by atoms with Gasteiger partial charge in [0.15, 0.2) is 0 Å². The van der Waals surface area contributed by atoms with Gasteiger partial charge in [-0.1, -0.05) is 6.07 Å². The predicted octanol–water partition coefficient (Wildman–Crippen LogP) is 3.96. The molecular formula is C15H16ClN3S. The Labute approximate surface area is 127 Å². The van der Waals surface area contributed by atoms with Crippen LogP contribution in [0.4, 0.5) is 0 Å². The summed E-state index contributed by atoms with van der Waals surface area (Å²) in [5, 5.41) is 9.07. The van der Waals surface area contributed by atoms with Crippen molar-refractivity contribution in [3.8, 4) is 6.07 Å². The third-order valence-corrected chi connectivity index (χ3v) is 5.18. The number of aromatic nitrogens is 2. The highest BCUT2D eigenvalue weighted by atomic mass is 35.5. The van der Waals surface area contributed by atoms with Gasteiger partial charge in [-0.3, -0.25) is 0 Å². The topological polar surface area (TPSA) is 41.6 Å². The molecule has 0 amide bonds. The van der Waals surface area contributed by atoms with E-state index in [2.05, 4.69) is 15.6 Å². The second kappa shape index (κ2) is 5.67. The molecule has 2 unspecified atom stereocenters. The van der Waals surface area contributed by atoms with Gasteiger partial charge in [0.05, 0.1) is 16.5 Å². The maximum absolute atomic E-state index is 9.22. The van der Waals surface area contributed by atoms with Gasteiger partial charge in [0.1, 0.15) is 17.4 Å². The summed E-state index contributed by atoms with van der Waals surface area (Å²) in [6, 6.07) is 7.99. The fourth-order valence-corrected chi connectivity index (χ4v) is 4.17. The molecule has 104 valence electrons. The normalized spacial score (nSPS) is 20.1. The Bertz CT molecular complexity index is 666. The summed E-state index contributed by atoms with van der Waals surface area (Å²) in [6.45, 7) is 2.89. The number of halogens is 1. The van der Waals surface area contributed by atoms with Crippen molar-refractivity contribution in [3.63, 3.8) is 0 Å². The molecule has 0 bridgehead atoms. The van der Waals surface area contributed by atoms with Crippen LogP contribution in [0.1, 0.15) is 30.1 Å². The molecule has 2 atom stereocenters. The number of fused-ring (bicyclic) bond motifs is 1. The first-order valence-electron chi connectivity index (χ1n) is 6.81. The van der Waals surface area contributed by atoms with Crippen molar-refractivity contribution in [2.75, 3.05) is 11.5 Å². The molecule has 2 heterocycles. The van der Waals surface area contributed by atoms with Crippen LogP contribution in [0.3, 0.4) is 0 Å². The molecule has 0 saturated carbocycles. The molecule has 1 aromatic carbocycles. The third-order valence-electron chi connectivity index (χ3n) is 3.75. The van der Waals surface area contributed by atoms with Crippen LogP contribution in [-0.2, 0) is 6.54 Å². The molecule has 3 nitrogen and oxygen atoms in total. The first-order chi connectivity index (χ1) is 9.70. The van der Waals surface area contributed by atoms with Crippen molar-refractivity contribution in [1.29, 1.82) is 5.26 Å². The maximum Gasteiger partial charge on any atom is 0.127 e. The van der Waals surface area contributed by atoms with Crippen LogP contribution in [0.15, 0.2) is 18.2 Å². The van der Waals surface area contributed by atoms with Crippen LogP contribution in [0.5, 0.6) is 0 Å². The summed E-state index contributed by atoms with van der Waals surface area (Å²) in [7, 11) is 0. The summed E-state index contributed by atoms with van der Waals surface area (Å²) in [5.41, 5.74) is 2.44. The minimum Gasteiger partial charge on any atom is -0.326 e. The number of alkyl halides is 1. The molecule has 20 heavy (non-hydrogen) atoms. The Kier molecular flexibility index (Phi) is 3.91. The smallest absolute Gasteiger partial charge is 0.127 e. The number of hydrogen-bond donors (Lipinski definition) is 0. The maximum atomic E-state index is 9.22. The van der Waals surface area contributed by atoms with E-state index >= 15 is 0 Å². The van der Waals surface area contributed by atoms with Gasteiger partial charge in [-0.15, -0.1) is 11.6 Å². The Morgan fingerprint density at radius 3 is 3.10 bits per heavy atom. The number of benzene rings is 1. The van der Waals surface area contributed by atoms with E-state index in [4.69, 9.17) is 11.6 Å². The molecule has 0 N–H and O–H groups in total. The molecule has 1 saturated heterocycles. The van der Waals surface area contributed by atoms with Crippen LogP contribution in [0.25, 0.3) is 11.0 Å². The van der Waals surface area contributed by atoms with Crippen molar-refractivity contribution >= 4 is 34.4 Å². The fourth-order valence-electron chi connectivity index (χ4n) is 2.74. The van der Waals surface area contributed by atoms with Crippen molar-refractivity contribution in [1.82, 2.24) is 9.55 Å². The Morgan fingerprint density at radius 2 is 2.45 bits per heavy atom. The molecular weight excluding hydrogens is 290 g/mol. The van der Waals surface area contributed by atoms with Crippen molar-refractivity contribution < 1.29 is 0 Å². The van der Waals surface area contributed by atoms with Crippen molar-refractivity contribution in [2.24, 2.45) is 5.92 Å². The zero-order chi connectivity index (χ0) is 14.1. The lowest BCUT2D eigenvalue weighted by atomic mass is 10.1. The molecule has 1 aliphatic rings. The highest BCUT2D eigenvalue weighted by Crippen LogP contribution is 2.31. The Balaban J connectivity index is 2.12. The van der Waals surface area contributed by atoms with Crippen LogP contribution in [0, 0.1) is 17.2 Å². The summed E-state index contributed by atoms with van der Waals surface area (Å²) in [5.74, 6) is 4.00. The molecule has 1 fully saturated rings. The number of rotatable bonds is 3. The van der Waals surface area contributed by atoms with Crippen LogP contribution in [0.2, 0.25) is 0 Å². The first-order valence-corrected chi connectivity index (χ1v) is 8.41. The zero-order valence-corrected chi connectivity index (χ0v) is 12.9. The van der Waals surface area contributed by atoms with E-state index in [1.807, 2.05) is 36.9 Å². The minimum atomic E-state index is -0.150. The number of para-hydroxylation sites is 1. The van der Waals surface area contributed by atoms with Gasteiger partial charge in [-0.25, -0.2) is 4.98 Å². The fraction of sp³-hybridized carbons (Fsp3) is 0.467. The molecule has 5 heteroatoms. The SMILES string of the molecule is CC(Cl)c1nc2c(C#N)cccc2n1CC1CCSC1. The lowest BCUT2D eigenvalue weighted by Crippen LogP contribution is -2.13. The molecule has 0 aliphatic carbocycles. The lowest BCUT2D eigenvalue weighted by Gasteiger charge is -2.14. The lowest BCUT2D eigenvalue weighted by molar-refractivity contribution is 0.488. The summed E-state index contributed by atoms with van der Waals surface area (Å²) in [6.07, 6.45) is 1.25. The van der Waals surface area contributed by atoms with E-state index in [0.29, 0.717) is 11.5 Å². The average molecular weight is 306 g/mol. The number of imidazole rings is 1. The van der Waals surface area contributed by atoms with E-state index in [9.17, 15) is 5.26 Å². The molecule has 3 rings (SSSR count). The molecule has 0 radical (unpaired) electrons. The summed E-state index contributed by atoms with van der Waals surface area (Å²) < 4.78 is 2.21. The summed E-state index contributed by atoms with van der Waals surface area (Å²) >= 11 is 8.30. The molecule has 2 aromatic rings. The predicted molar refractivity (Wildman–Crippen MR) is 84.1 cm³/mol. The number of hydrogen-bond acceptors (Lipinski definition) is 3. The quantitative estimate of drug-likeness (QED) is 0.806. The Morgan fingerprint density at radius 1 is 1.60 bits per heavy atom. The van der Waals surface area contributed by atoms with Gasteiger partial charge in [0.25, 0.3) is 0 Å². The van der Waals surface area contributed by atoms with E-state index in [-0.39, 0.29) is 5.38 Å². The van der Waals surface area contributed by atoms with Gasteiger partial charge in [0.2, 0.25) is 0 Å². The van der Waals surface area contributed by atoms with Crippen LogP contribution < -0.4 is 0 Å². The molecule has 0 spiro atoms. The number of nitriles is 1. The van der Waals surface area contributed by atoms with Crippen LogP contribution >= 0.6 is 23.4 Å². The van der Waals surface area contributed by atoms with Crippen molar-refractivity contribution in [2.45, 2.75) is 25.3 Å². The Hall–Kier alpha value is -1.18. The standard InChI is InChI=1S/C15H16ClN3S/c1-10(16)15-18-14-12(7-17)3-2-4-13(14)19(15)8-11-5-6-20-9-11/h2-4,10-11H,5-6,8-9H2,1H3. The second-order valence-corrected chi connectivity index (χ2v) is 7.02. The van der Waals surface area contributed by atoms with Gasteiger partial charge in [-0.2, -0.15) is 17.0 Å². The highest BCUT2D eigenvalue weighted by molar-refractivity contribution is 7.99. The zero-order valence-electron chi connectivity index (χ0n) is 11.3. The van der Waals surface area contributed by atoms with Crippen molar-refractivity contribution in [3.05, 3.63) is 29.6 Å². The molecule has 1 aromatic heterocycles. The highest BCUT2D eigenvalue weighted by Gasteiger charge is 2.22. The molecule has 1 aliphatic heterocycles. The van der Waals surface area contributed by atoms with E-state index in [1.165, 1.54) is 17.9 Å². The van der Waals surface area contributed by atoms with Gasteiger partial charge >= 0.3 is 0 Å². The van der Waals surface area contributed by atoms with E-state index in [0.717, 1.165) is 23.4 Å². The number of nitrogens with zero attached hydrogens (tertiary/aromatic N) is 3. The van der Waals surface area contributed by atoms with Crippen LogP contribution in [-0.4, -0.2) is 21.1 Å². The van der Waals surface area contributed by atoms with Gasteiger partial charge < -0.3 is 4.57 Å². The summed E-state index contributed by atoms with van der Waals surface area (Å²) in [4.78, 5) is 4.63. The van der Waals surface area contributed by atoms with E-state index < -0.39 is 0 Å². The van der Waals surface area contributed by atoms with E-state index in [1.54, 1.807) is 0 Å². The monoisotopic (exact) mass is 305 g/mol. The van der Waals surface area contributed by atoms with Gasteiger partial charge in [-0.05, 0) is 42.9 Å². The largest absolute Gasteiger partial charge is 0.326 e. The average Bonchev–Trinajstić information content (AvgIpc) is 3.07. The minimum absolute atomic E-state index is 0.150. The number of thioether (sulfide) groups is 1. The second-order valence-electron chi connectivity index (χ2n) is 5.21. The first kappa shape index (κ1) is 13.8. The van der Waals surface area contributed by atoms with Gasteiger partial charge in [0, 0.05) is 6.54 Å².